The van der Waals surface area contributed by atoms with E-state index in [-0.39, 0.29) is 30.6 Å². The molecule has 2 N–H and O–H groups in total. The van der Waals surface area contributed by atoms with Gasteiger partial charge in [-0.2, -0.15) is 0 Å². The fourth-order valence-corrected chi connectivity index (χ4v) is 2.54. The standard InChI is InChI=1S/C14H27NO4/c1-3-5-7-16-12-10-9-18-14(19-10)11(15)13(12)17-8-6-4-2/h10-14H,3-9,15H2,1-2H3/t10-,11+,12-,13?,14?/m1/s1. The first-order valence-corrected chi connectivity index (χ1v) is 7.53. The summed E-state index contributed by atoms with van der Waals surface area (Å²) in [6.07, 6.45) is 3.74. The molecule has 2 heterocycles. The van der Waals surface area contributed by atoms with Crippen LogP contribution in [-0.4, -0.2) is 50.5 Å². The van der Waals surface area contributed by atoms with Crippen molar-refractivity contribution in [3.63, 3.8) is 0 Å². The summed E-state index contributed by atoms with van der Waals surface area (Å²) in [5.41, 5.74) is 6.18. The zero-order valence-electron chi connectivity index (χ0n) is 12.0. The van der Waals surface area contributed by atoms with Crippen molar-refractivity contribution in [2.75, 3.05) is 19.8 Å². The monoisotopic (exact) mass is 273 g/mol. The Hall–Kier alpha value is -0.200. The number of unbranched alkanes of at least 4 members (excludes halogenated alkanes) is 2. The van der Waals surface area contributed by atoms with Gasteiger partial charge in [0.1, 0.15) is 18.3 Å². The minimum absolute atomic E-state index is 0.0340. The van der Waals surface area contributed by atoms with Crippen molar-refractivity contribution in [1.29, 1.82) is 0 Å². The molecule has 0 aromatic rings. The molecule has 0 saturated carbocycles. The summed E-state index contributed by atoms with van der Waals surface area (Å²) < 4.78 is 23.2. The lowest BCUT2D eigenvalue weighted by Gasteiger charge is -2.39. The van der Waals surface area contributed by atoms with Gasteiger partial charge in [-0.1, -0.05) is 26.7 Å². The molecule has 19 heavy (non-hydrogen) atoms. The zero-order chi connectivity index (χ0) is 13.7. The van der Waals surface area contributed by atoms with Crippen molar-refractivity contribution in [2.24, 2.45) is 5.73 Å². The van der Waals surface area contributed by atoms with Crippen LogP contribution >= 0.6 is 0 Å². The van der Waals surface area contributed by atoms with Crippen molar-refractivity contribution < 1.29 is 18.9 Å². The van der Waals surface area contributed by atoms with Crippen LogP contribution < -0.4 is 5.73 Å². The van der Waals surface area contributed by atoms with E-state index in [1.165, 1.54) is 0 Å². The summed E-state index contributed by atoms with van der Waals surface area (Å²) in [7, 11) is 0. The number of nitrogens with two attached hydrogens (primary N) is 1. The highest BCUT2D eigenvalue weighted by atomic mass is 16.7. The van der Waals surface area contributed by atoms with Gasteiger partial charge in [0, 0.05) is 13.2 Å². The maximum absolute atomic E-state index is 6.18. The van der Waals surface area contributed by atoms with Crippen molar-refractivity contribution in [3.05, 3.63) is 0 Å². The van der Waals surface area contributed by atoms with Crippen LogP contribution in [0.3, 0.4) is 0 Å². The molecular weight excluding hydrogens is 246 g/mol. The molecule has 5 heteroatoms. The Kier molecular flexibility index (Phi) is 6.04. The average Bonchev–Trinajstić information content (AvgIpc) is 2.85. The first-order valence-electron chi connectivity index (χ1n) is 7.53. The largest absolute Gasteiger partial charge is 0.374 e. The fraction of sp³-hybridized carbons (Fsp3) is 1.00. The van der Waals surface area contributed by atoms with Crippen molar-refractivity contribution in [1.82, 2.24) is 0 Å². The molecule has 2 aliphatic heterocycles. The smallest absolute Gasteiger partial charge is 0.175 e. The molecule has 112 valence electrons. The highest BCUT2D eigenvalue weighted by Crippen LogP contribution is 2.31. The van der Waals surface area contributed by atoms with Crippen LogP contribution in [0.5, 0.6) is 0 Å². The number of hydrogen-bond donors (Lipinski definition) is 1. The second kappa shape index (κ2) is 7.55. The van der Waals surface area contributed by atoms with Gasteiger partial charge in [0.25, 0.3) is 0 Å². The summed E-state index contributed by atoms with van der Waals surface area (Å²) in [4.78, 5) is 0. The second-order valence-electron chi connectivity index (χ2n) is 5.33. The molecular formula is C14H27NO4. The third kappa shape index (κ3) is 3.67. The molecule has 2 bridgehead atoms. The van der Waals surface area contributed by atoms with Crippen molar-refractivity contribution >= 4 is 0 Å². The van der Waals surface area contributed by atoms with Gasteiger partial charge in [0.2, 0.25) is 0 Å². The van der Waals surface area contributed by atoms with Gasteiger partial charge in [-0.3, -0.25) is 0 Å². The van der Waals surface area contributed by atoms with E-state index >= 15 is 0 Å². The summed E-state index contributed by atoms with van der Waals surface area (Å²) >= 11 is 0. The van der Waals surface area contributed by atoms with Gasteiger partial charge in [-0.05, 0) is 12.8 Å². The Labute approximate surface area is 115 Å². The predicted octanol–water partition coefficient (Wildman–Crippen LogP) is 1.44. The quantitative estimate of drug-likeness (QED) is 0.678. The highest BCUT2D eigenvalue weighted by molar-refractivity contribution is 4.97. The molecule has 0 aromatic carbocycles. The first-order chi connectivity index (χ1) is 9.27. The van der Waals surface area contributed by atoms with Crippen LogP contribution in [0.4, 0.5) is 0 Å². The second-order valence-corrected chi connectivity index (χ2v) is 5.33. The average molecular weight is 273 g/mol. The normalized spacial score (nSPS) is 37.7. The third-order valence-corrected chi connectivity index (χ3v) is 3.73. The SMILES string of the molecule is CCCCOC1[C@H](N)C2OC[C@@H](O2)[C@H]1OCCCC. The van der Waals surface area contributed by atoms with Crippen LogP contribution in [0, 0.1) is 0 Å². The van der Waals surface area contributed by atoms with E-state index < -0.39 is 0 Å². The maximum Gasteiger partial charge on any atom is 0.175 e. The van der Waals surface area contributed by atoms with Crippen LogP contribution in [0.2, 0.25) is 0 Å². The lowest BCUT2D eigenvalue weighted by Crippen LogP contribution is -2.59. The minimum atomic E-state index is -0.331. The van der Waals surface area contributed by atoms with Crippen LogP contribution in [-0.2, 0) is 18.9 Å². The molecule has 0 aliphatic carbocycles. The third-order valence-electron chi connectivity index (χ3n) is 3.73. The molecule has 2 saturated heterocycles. The zero-order valence-corrected chi connectivity index (χ0v) is 12.0. The fourth-order valence-electron chi connectivity index (χ4n) is 2.54. The Balaban J connectivity index is 1.92. The minimum Gasteiger partial charge on any atom is -0.374 e. The van der Waals surface area contributed by atoms with E-state index in [1.54, 1.807) is 0 Å². The molecule has 2 fully saturated rings. The van der Waals surface area contributed by atoms with Gasteiger partial charge in [0.05, 0.1) is 12.6 Å². The molecule has 0 aromatic heterocycles. The summed E-state index contributed by atoms with van der Waals surface area (Å²) in [5, 5.41) is 0. The molecule has 0 radical (unpaired) electrons. The molecule has 2 rings (SSSR count). The molecule has 5 nitrogen and oxygen atoms in total. The lowest BCUT2D eigenvalue weighted by molar-refractivity contribution is -0.206. The number of hydrogen-bond acceptors (Lipinski definition) is 5. The summed E-state index contributed by atoms with van der Waals surface area (Å²) in [6.45, 7) is 6.31. The topological polar surface area (TPSA) is 62.9 Å². The van der Waals surface area contributed by atoms with Crippen LogP contribution in [0.15, 0.2) is 0 Å². The van der Waals surface area contributed by atoms with Crippen LogP contribution in [0.25, 0.3) is 0 Å². The van der Waals surface area contributed by atoms with Crippen LogP contribution in [0.1, 0.15) is 39.5 Å². The first kappa shape index (κ1) is 15.2. The maximum atomic E-state index is 6.18. The van der Waals surface area contributed by atoms with Crippen molar-refractivity contribution in [3.8, 4) is 0 Å². The number of fused-ring (bicyclic) bond motifs is 2. The van der Waals surface area contributed by atoms with E-state index in [2.05, 4.69) is 13.8 Å². The number of ether oxygens (including phenoxy) is 4. The lowest BCUT2D eigenvalue weighted by atomic mass is 9.99. The Morgan fingerprint density at radius 1 is 1.05 bits per heavy atom. The van der Waals surface area contributed by atoms with E-state index in [0.29, 0.717) is 6.61 Å². The van der Waals surface area contributed by atoms with Gasteiger partial charge in [0.15, 0.2) is 6.29 Å². The van der Waals surface area contributed by atoms with E-state index in [0.717, 1.165) is 38.9 Å². The summed E-state index contributed by atoms with van der Waals surface area (Å²) in [6, 6.07) is -0.262. The molecule has 0 spiro atoms. The number of rotatable bonds is 8. The predicted molar refractivity (Wildman–Crippen MR) is 71.9 cm³/mol. The Bertz CT molecular complexity index is 254. The van der Waals surface area contributed by atoms with E-state index in [1.807, 2.05) is 0 Å². The van der Waals surface area contributed by atoms with Gasteiger partial charge < -0.3 is 24.7 Å². The Morgan fingerprint density at radius 2 is 1.68 bits per heavy atom. The molecule has 2 unspecified atom stereocenters. The Morgan fingerprint density at radius 3 is 2.32 bits per heavy atom. The molecule has 5 atom stereocenters. The van der Waals surface area contributed by atoms with Gasteiger partial charge in [-0.25, -0.2) is 0 Å². The highest BCUT2D eigenvalue weighted by Gasteiger charge is 2.50. The summed E-state index contributed by atoms with van der Waals surface area (Å²) in [5.74, 6) is 0. The van der Waals surface area contributed by atoms with Crippen molar-refractivity contribution in [2.45, 2.75) is 70.2 Å². The van der Waals surface area contributed by atoms with E-state index in [4.69, 9.17) is 24.7 Å². The molecule has 2 aliphatic rings. The molecule has 0 amide bonds. The van der Waals surface area contributed by atoms with Gasteiger partial charge >= 0.3 is 0 Å². The van der Waals surface area contributed by atoms with E-state index in [9.17, 15) is 0 Å². The van der Waals surface area contributed by atoms with Gasteiger partial charge in [-0.15, -0.1) is 0 Å².